The predicted molar refractivity (Wildman–Crippen MR) is 45.3 cm³/mol. The van der Waals surface area contributed by atoms with Gasteiger partial charge in [-0.05, 0) is 12.8 Å². The van der Waals surface area contributed by atoms with Crippen LogP contribution in [0.3, 0.4) is 0 Å². The molecule has 0 aromatic carbocycles. The van der Waals surface area contributed by atoms with Crippen LogP contribution in [0, 0.1) is 0 Å². The summed E-state index contributed by atoms with van der Waals surface area (Å²) >= 11 is 0. The van der Waals surface area contributed by atoms with Crippen molar-refractivity contribution in [1.82, 2.24) is 0 Å². The number of rotatable bonds is 1. The first-order chi connectivity index (χ1) is 4.30. The number of allylic oxidation sites excluding steroid dienone is 4. The Morgan fingerprint density at radius 1 is 1.33 bits per heavy atom. The second-order valence-corrected chi connectivity index (χ2v) is 5.81. The van der Waals surface area contributed by atoms with Gasteiger partial charge >= 0.3 is 0 Å². The number of hydrogen-bond donors (Lipinski definition) is 0. The van der Waals surface area contributed by atoms with Crippen molar-refractivity contribution >= 4 is 8.80 Å². The second-order valence-electron chi connectivity index (χ2n) is 2.84. The van der Waals surface area contributed by atoms with Crippen LogP contribution in [0.4, 0.5) is 0 Å². The van der Waals surface area contributed by atoms with Crippen molar-refractivity contribution in [3.8, 4) is 0 Å². The molecule has 1 rings (SSSR count). The van der Waals surface area contributed by atoms with E-state index in [4.69, 9.17) is 0 Å². The van der Waals surface area contributed by atoms with E-state index in [0.717, 1.165) is 0 Å². The van der Waals surface area contributed by atoms with Crippen molar-refractivity contribution in [1.29, 1.82) is 0 Å². The van der Waals surface area contributed by atoms with Crippen LogP contribution in [0.2, 0.25) is 13.1 Å². The van der Waals surface area contributed by atoms with E-state index in [-0.39, 0.29) is 0 Å². The van der Waals surface area contributed by atoms with Gasteiger partial charge in [-0.2, -0.15) is 0 Å². The molecule has 0 nitrogen and oxygen atoms in total. The average Bonchev–Trinajstić information content (AvgIpc) is 1.90. The van der Waals surface area contributed by atoms with Gasteiger partial charge in [0.25, 0.3) is 0 Å². The standard InChI is InChI=1S/C8H14Si/c1-9(2)8-6-4-3-5-7-8/h4,6-7,9H,3,5H2,1-2H3. The summed E-state index contributed by atoms with van der Waals surface area (Å²) in [5.41, 5.74) is 0. The normalized spacial score (nSPS) is 18.3. The van der Waals surface area contributed by atoms with Gasteiger partial charge in [0, 0.05) is 0 Å². The zero-order valence-corrected chi connectivity index (χ0v) is 7.38. The van der Waals surface area contributed by atoms with Crippen molar-refractivity contribution in [3.63, 3.8) is 0 Å². The third-order valence-corrected chi connectivity index (χ3v) is 3.45. The first-order valence-corrected chi connectivity index (χ1v) is 6.56. The molecule has 0 amide bonds. The number of hydrogen-bond acceptors (Lipinski definition) is 0. The van der Waals surface area contributed by atoms with Crippen LogP contribution >= 0.6 is 0 Å². The van der Waals surface area contributed by atoms with Gasteiger partial charge in [-0.1, -0.05) is 36.5 Å². The van der Waals surface area contributed by atoms with Crippen LogP contribution in [-0.2, 0) is 0 Å². The molecule has 0 aliphatic heterocycles. The average molecular weight is 138 g/mol. The fraction of sp³-hybridized carbons (Fsp3) is 0.500. The Morgan fingerprint density at radius 2 is 2.11 bits per heavy atom. The van der Waals surface area contributed by atoms with Gasteiger partial charge in [0.2, 0.25) is 0 Å². The zero-order chi connectivity index (χ0) is 6.69. The first-order valence-electron chi connectivity index (χ1n) is 3.67. The highest BCUT2D eigenvalue weighted by molar-refractivity contribution is 6.64. The fourth-order valence-corrected chi connectivity index (χ4v) is 2.22. The van der Waals surface area contributed by atoms with Gasteiger partial charge in [-0.15, -0.1) is 0 Å². The van der Waals surface area contributed by atoms with Crippen molar-refractivity contribution in [3.05, 3.63) is 23.4 Å². The lowest BCUT2D eigenvalue weighted by molar-refractivity contribution is 1.03. The SMILES string of the molecule is C[SiH](C)C1=CCCC=C1. The molecule has 0 saturated carbocycles. The molecule has 0 N–H and O–H groups in total. The van der Waals surface area contributed by atoms with E-state index >= 15 is 0 Å². The summed E-state index contributed by atoms with van der Waals surface area (Å²) in [4.78, 5) is 0. The highest BCUT2D eigenvalue weighted by Gasteiger charge is 2.01. The van der Waals surface area contributed by atoms with E-state index in [1.54, 1.807) is 5.20 Å². The van der Waals surface area contributed by atoms with E-state index in [0.29, 0.717) is 0 Å². The van der Waals surface area contributed by atoms with Crippen molar-refractivity contribution in [2.45, 2.75) is 25.9 Å². The molecule has 1 heteroatoms. The van der Waals surface area contributed by atoms with Gasteiger partial charge in [0.15, 0.2) is 0 Å². The summed E-state index contributed by atoms with van der Waals surface area (Å²) < 4.78 is 0. The molecule has 0 heterocycles. The first kappa shape index (κ1) is 6.81. The van der Waals surface area contributed by atoms with Gasteiger partial charge in [-0.25, -0.2) is 0 Å². The van der Waals surface area contributed by atoms with Crippen molar-refractivity contribution in [2.75, 3.05) is 0 Å². The molecule has 50 valence electrons. The molecule has 0 spiro atoms. The molecule has 0 atom stereocenters. The molecule has 0 fully saturated rings. The van der Waals surface area contributed by atoms with E-state index in [9.17, 15) is 0 Å². The van der Waals surface area contributed by atoms with Gasteiger partial charge in [0.1, 0.15) is 0 Å². The van der Waals surface area contributed by atoms with E-state index in [1.165, 1.54) is 12.8 Å². The lowest BCUT2D eigenvalue weighted by Crippen LogP contribution is -2.04. The zero-order valence-electron chi connectivity index (χ0n) is 6.22. The van der Waals surface area contributed by atoms with E-state index in [1.807, 2.05) is 0 Å². The van der Waals surface area contributed by atoms with E-state index < -0.39 is 8.80 Å². The summed E-state index contributed by atoms with van der Waals surface area (Å²) in [6.07, 6.45) is 9.53. The van der Waals surface area contributed by atoms with Crippen LogP contribution < -0.4 is 0 Å². The molecule has 0 saturated heterocycles. The van der Waals surface area contributed by atoms with Gasteiger partial charge in [-0.3, -0.25) is 0 Å². The van der Waals surface area contributed by atoms with Gasteiger partial charge in [0.05, 0.1) is 8.80 Å². The highest BCUT2D eigenvalue weighted by Crippen LogP contribution is 2.11. The second kappa shape index (κ2) is 3.02. The van der Waals surface area contributed by atoms with Crippen LogP contribution in [0.5, 0.6) is 0 Å². The van der Waals surface area contributed by atoms with Gasteiger partial charge < -0.3 is 0 Å². The quantitative estimate of drug-likeness (QED) is 0.488. The molecule has 9 heavy (non-hydrogen) atoms. The molecule has 0 unspecified atom stereocenters. The third kappa shape index (κ3) is 1.83. The largest absolute Gasteiger partial charge is 0.0853 e. The molecule has 1 aliphatic rings. The van der Waals surface area contributed by atoms with Crippen LogP contribution in [0.1, 0.15) is 12.8 Å². The maximum Gasteiger partial charge on any atom is 0.0642 e. The minimum absolute atomic E-state index is 0.478. The topological polar surface area (TPSA) is 0 Å². The van der Waals surface area contributed by atoms with Crippen LogP contribution in [0.25, 0.3) is 0 Å². The molecular weight excluding hydrogens is 124 g/mol. The summed E-state index contributed by atoms with van der Waals surface area (Å²) in [7, 11) is -0.478. The molecule has 0 aromatic rings. The summed E-state index contributed by atoms with van der Waals surface area (Å²) in [5.74, 6) is 0. The lowest BCUT2D eigenvalue weighted by Gasteiger charge is -2.07. The molecule has 0 bridgehead atoms. The molecule has 1 aliphatic carbocycles. The maximum absolute atomic E-state index is 2.40. The Balaban J connectivity index is 2.58. The fourth-order valence-electron chi connectivity index (χ4n) is 1.06. The van der Waals surface area contributed by atoms with Crippen LogP contribution in [-0.4, -0.2) is 8.80 Å². The third-order valence-electron chi connectivity index (χ3n) is 1.69. The Kier molecular flexibility index (Phi) is 2.28. The van der Waals surface area contributed by atoms with Crippen molar-refractivity contribution < 1.29 is 0 Å². The molecular formula is C8H14Si. The molecule has 0 aromatic heterocycles. The predicted octanol–water partition coefficient (Wildman–Crippen LogP) is 2.29. The maximum atomic E-state index is 2.40. The highest BCUT2D eigenvalue weighted by atomic mass is 28.3. The monoisotopic (exact) mass is 138 g/mol. The Hall–Kier alpha value is -0.303. The minimum atomic E-state index is -0.478. The minimum Gasteiger partial charge on any atom is -0.0853 e. The Labute approximate surface area is 58.9 Å². The smallest absolute Gasteiger partial charge is 0.0642 e. The summed E-state index contributed by atoms with van der Waals surface area (Å²) in [6, 6.07) is 0. The Bertz CT molecular complexity index is 143. The van der Waals surface area contributed by atoms with E-state index in [2.05, 4.69) is 31.3 Å². The summed E-state index contributed by atoms with van der Waals surface area (Å²) in [5, 5.41) is 1.64. The van der Waals surface area contributed by atoms with Crippen LogP contribution in [0.15, 0.2) is 23.4 Å². The Morgan fingerprint density at radius 3 is 2.44 bits per heavy atom. The lowest BCUT2D eigenvalue weighted by atomic mass is 10.2. The summed E-state index contributed by atoms with van der Waals surface area (Å²) in [6.45, 7) is 4.75. The molecule has 0 radical (unpaired) electrons. The van der Waals surface area contributed by atoms with Crippen molar-refractivity contribution in [2.24, 2.45) is 0 Å².